The number of hydrogen-bond donors (Lipinski definition) is 1. The average molecular weight is 463 g/mol. The van der Waals surface area contributed by atoms with Crippen LogP contribution in [-0.2, 0) is 14.6 Å². The van der Waals surface area contributed by atoms with E-state index in [4.69, 9.17) is 11.6 Å². The molecule has 1 saturated heterocycles. The van der Waals surface area contributed by atoms with Crippen LogP contribution in [0.2, 0.25) is 5.02 Å². The largest absolute Gasteiger partial charge is 0.352 e. The molecule has 2 aromatic carbocycles. The zero-order valence-electron chi connectivity index (χ0n) is 15.9. The minimum Gasteiger partial charge on any atom is -0.352 e. The van der Waals surface area contributed by atoms with Crippen molar-refractivity contribution in [2.75, 3.05) is 17.3 Å². The zero-order chi connectivity index (χ0) is 21.1. The number of aromatic nitrogens is 3. The first-order chi connectivity index (χ1) is 14.4. The second-order valence-corrected chi connectivity index (χ2v) is 10.5. The van der Waals surface area contributed by atoms with Crippen LogP contribution in [0, 0.1) is 0 Å². The summed E-state index contributed by atoms with van der Waals surface area (Å²) < 4.78 is 25.0. The smallest absolute Gasteiger partial charge is 0.230 e. The Kier molecular flexibility index (Phi) is 6.12. The number of nitrogens with one attached hydrogen (secondary N) is 1. The maximum Gasteiger partial charge on any atom is 0.230 e. The molecule has 0 bridgehead atoms. The van der Waals surface area contributed by atoms with E-state index in [-0.39, 0.29) is 29.2 Å². The molecule has 7 nitrogen and oxygen atoms in total. The van der Waals surface area contributed by atoms with Crippen LogP contribution in [0.5, 0.6) is 0 Å². The van der Waals surface area contributed by atoms with Crippen molar-refractivity contribution < 1.29 is 13.2 Å². The molecule has 0 unspecified atom stereocenters. The van der Waals surface area contributed by atoms with E-state index in [0.717, 1.165) is 11.3 Å². The second kappa shape index (κ2) is 8.79. The molecule has 2 heterocycles. The van der Waals surface area contributed by atoms with Gasteiger partial charge in [-0.15, -0.1) is 10.2 Å². The average Bonchev–Trinajstić information content (AvgIpc) is 3.30. The Morgan fingerprint density at radius 2 is 1.87 bits per heavy atom. The van der Waals surface area contributed by atoms with Crippen molar-refractivity contribution in [1.82, 2.24) is 20.1 Å². The van der Waals surface area contributed by atoms with Crippen LogP contribution in [0.15, 0.2) is 59.8 Å². The topological polar surface area (TPSA) is 93.9 Å². The van der Waals surface area contributed by atoms with Gasteiger partial charge in [0.05, 0.1) is 17.3 Å². The molecule has 1 aliphatic heterocycles. The first kappa shape index (κ1) is 20.9. The van der Waals surface area contributed by atoms with E-state index in [2.05, 4.69) is 15.5 Å². The van der Waals surface area contributed by atoms with Crippen LogP contribution in [0.4, 0.5) is 0 Å². The van der Waals surface area contributed by atoms with Gasteiger partial charge in [0.1, 0.15) is 0 Å². The van der Waals surface area contributed by atoms with Gasteiger partial charge in [0, 0.05) is 22.3 Å². The molecule has 0 saturated carbocycles. The lowest BCUT2D eigenvalue weighted by atomic mass is 10.2. The van der Waals surface area contributed by atoms with Crippen LogP contribution in [0.1, 0.15) is 6.42 Å². The molecule has 1 N–H and O–H groups in total. The van der Waals surface area contributed by atoms with Crippen LogP contribution < -0.4 is 5.32 Å². The lowest BCUT2D eigenvalue weighted by Gasteiger charge is -2.12. The van der Waals surface area contributed by atoms with Crippen LogP contribution in [-0.4, -0.2) is 52.4 Å². The number of hydrogen-bond acceptors (Lipinski definition) is 6. The SMILES string of the molecule is O=C(CSc1nnc(-c2ccc(Cl)cc2)n1-c1ccccc1)N[C@@H]1CCS(=O)(=O)C1. The number of amides is 1. The van der Waals surface area contributed by atoms with Gasteiger partial charge >= 0.3 is 0 Å². The third kappa shape index (κ3) is 4.85. The summed E-state index contributed by atoms with van der Waals surface area (Å²) in [5, 5.41) is 12.6. The Labute approximate surface area is 183 Å². The third-order valence-electron chi connectivity index (χ3n) is 4.68. The summed E-state index contributed by atoms with van der Waals surface area (Å²) in [4.78, 5) is 12.3. The van der Waals surface area contributed by atoms with Gasteiger partial charge in [-0.25, -0.2) is 8.42 Å². The lowest BCUT2D eigenvalue weighted by molar-refractivity contribution is -0.119. The van der Waals surface area contributed by atoms with Crippen molar-refractivity contribution in [3.8, 4) is 17.1 Å². The van der Waals surface area contributed by atoms with E-state index in [0.29, 0.717) is 22.4 Å². The monoisotopic (exact) mass is 462 g/mol. The molecule has 0 radical (unpaired) electrons. The highest BCUT2D eigenvalue weighted by atomic mass is 35.5. The predicted octanol–water partition coefficient (Wildman–Crippen LogP) is 2.98. The fourth-order valence-corrected chi connectivity index (χ4v) is 5.83. The molecule has 1 amide bonds. The molecule has 1 aromatic heterocycles. The Morgan fingerprint density at radius 3 is 2.53 bits per heavy atom. The van der Waals surface area contributed by atoms with Crippen molar-refractivity contribution in [2.24, 2.45) is 0 Å². The normalized spacial score (nSPS) is 17.7. The number of sulfone groups is 1. The highest BCUT2D eigenvalue weighted by Crippen LogP contribution is 2.28. The summed E-state index contributed by atoms with van der Waals surface area (Å²) in [6.45, 7) is 0. The molecule has 156 valence electrons. The molecule has 1 atom stereocenters. The fourth-order valence-electron chi connectivity index (χ4n) is 3.27. The number of nitrogens with zero attached hydrogens (tertiary/aromatic N) is 3. The molecule has 0 aliphatic carbocycles. The highest BCUT2D eigenvalue weighted by molar-refractivity contribution is 7.99. The van der Waals surface area contributed by atoms with Crippen molar-refractivity contribution in [1.29, 1.82) is 0 Å². The summed E-state index contributed by atoms with van der Waals surface area (Å²) in [6.07, 6.45) is 0.458. The Morgan fingerprint density at radius 1 is 1.13 bits per heavy atom. The van der Waals surface area contributed by atoms with E-state index in [1.165, 1.54) is 11.8 Å². The van der Waals surface area contributed by atoms with Gasteiger partial charge < -0.3 is 5.32 Å². The van der Waals surface area contributed by atoms with Gasteiger partial charge in [0.25, 0.3) is 0 Å². The second-order valence-electron chi connectivity index (χ2n) is 6.94. The fraction of sp³-hybridized carbons (Fsp3) is 0.250. The van der Waals surface area contributed by atoms with Crippen LogP contribution in [0.3, 0.4) is 0 Å². The number of rotatable bonds is 6. The Balaban J connectivity index is 1.54. The van der Waals surface area contributed by atoms with Crippen LogP contribution >= 0.6 is 23.4 Å². The van der Waals surface area contributed by atoms with Crippen molar-refractivity contribution in [2.45, 2.75) is 17.6 Å². The molecule has 30 heavy (non-hydrogen) atoms. The van der Waals surface area contributed by atoms with E-state index in [1.54, 1.807) is 12.1 Å². The molecular formula is C20H19ClN4O3S2. The Hall–Kier alpha value is -2.36. The van der Waals surface area contributed by atoms with Crippen molar-refractivity contribution in [3.63, 3.8) is 0 Å². The van der Waals surface area contributed by atoms with Gasteiger partial charge in [0.15, 0.2) is 20.8 Å². The van der Waals surface area contributed by atoms with Gasteiger partial charge in [-0.05, 0) is 42.8 Å². The maximum atomic E-state index is 12.3. The molecular weight excluding hydrogens is 444 g/mol. The number of benzene rings is 2. The van der Waals surface area contributed by atoms with Crippen molar-refractivity contribution >= 4 is 39.1 Å². The first-order valence-corrected chi connectivity index (χ1v) is 12.5. The number of carbonyl (C=O) groups excluding carboxylic acids is 1. The molecule has 4 rings (SSSR count). The number of thioether (sulfide) groups is 1. The zero-order valence-corrected chi connectivity index (χ0v) is 18.3. The van der Waals surface area contributed by atoms with Crippen molar-refractivity contribution in [3.05, 3.63) is 59.6 Å². The number of carbonyl (C=O) groups is 1. The maximum absolute atomic E-state index is 12.3. The standard InChI is InChI=1S/C20H19ClN4O3S2/c21-15-8-6-14(7-9-15)19-23-24-20(25(19)17-4-2-1-3-5-17)29-12-18(26)22-16-10-11-30(27,28)13-16/h1-9,16H,10-13H2,(H,22,26)/t16-/m1/s1. The Bertz CT molecular complexity index is 1150. The molecule has 10 heteroatoms. The van der Waals surface area contributed by atoms with Gasteiger partial charge in [0.2, 0.25) is 5.91 Å². The molecule has 0 spiro atoms. The van der Waals surface area contributed by atoms with Crippen LogP contribution in [0.25, 0.3) is 17.1 Å². The minimum absolute atomic E-state index is 0.00429. The lowest BCUT2D eigenvalue weighted by Crippen LogP contribution is -2.36. The van der Waals surface area contributed by atoms with E-state index >= 15 is 0 Å². The summed E-state index contributed by atoms with van der Waals surface area (Å²) in [5.41, 5.74) is 1.72. The molecule has 1 fully saturated rings. The minimum atomic E-state index is -3.04. The van der Waals surface area contributed by atoms with E-state index < -0.39 is 9.84 Å². The molecule has 3 aromatic rings. The summed E-state index contributed by atoms with van der Waals surface area (Å²) in [6, 6.07) is 16.6. The number of para-hydroxylation sites is 1. The predicted molar refractivity (Wildman–Crippen MR) is 118 cm³/mol. The first-order valence-electron chi connectivity index (χ1n) is 9.31. The number of halogens is 1. The summed E-state index contributed by atoms with van der Waals surface area (Å²) in [7, 11) is -3.04. The van der Waals surface area contributed by atoms with Gasteiger partial charge in [-0.1, -0.05) is 41.6 Å². The van der Waals surface area contributed by atoms with Gasteiger partial charge in [-0.3, -0.25) is 9.36 Å². The third-order valence-corrected chi connectivity index (χ3v) is 7.63. The summed E-state index contributed by atoms with van der Waals surface area (Å²) >= 11 is 7.26. The quantitative estimate of drug-likeness (QED) is 0.566. The molecule has 1 aliphatic rings. The van der Waals surface area contributed by atoms with Gasteiger partial charge in [-0.2, -0.15) is 0 Å². The van der Waals surface area contributed by atoms with E-state index in [9.17, 15) is 13.2 Å². The van der Waals surface area contributed by atoms with E-state index in [1.807, 2.05) is 47.0 Å². The highest BCUT2D eigenvalue weighted by Gasteiger charge is 2.29. The summed E-state index contributed by atoms with van der Waals surface area (Å²) in [5.74, 6) is 0.657.